The van der Waals surface area contributed by atoms with E-state index in [0.717, 1.165) is 43.4 Å². The minimum absolute atomic E-state index is 0.478. The van der Waals surface area contributed by atoms with E-state index in [2.05, 4.69) is 48.6 Å². The second-order valence-corrected chi connectivity index (χ2v) is 6.96. The number of piperidine rings is 1. The highest BCUT2D eigenvalue weighted by molar-refractivity contribution is 5.38. The predicted octanol–water partition coefficient (Wildman–Crippen LogP) is 1.21. The highest BCUT2D eigenvalue weighted by Crippen LogP contribution is 2.34. The van der Waals surface area contributed by atoms with Crippen LogP contribution in [0, 0.1) is 6.92 Å². The van der Waals surface area contributed by atoms with Gasteiger partial charge in [0.2, 0.25) is 0 Å². The number of anilines is 1. The summed E-state index contributed by atoms with van der Waals surface area (Å²) in [6.45, 7) is 4.77. The summed E-state index contributed by atoms with van der Waals surface area (Å²) < 4.78 is 2.00. The van der Waals surface area contributed by atoms with Gasteiger partial charge in [-0.3, -0.25) is 4.90 Å². The van der Waals surface area contributed by atoms with Crippen LogP contribution in [0.1, 0.15) is 43.2 Å². The van der Waals surface area contributed by atoms with Crippen molar-refractivity contribution in [3.05, 3.63) is 23.7 Å². The van der Waals surface area contributed by atoms with Crippen LogP contribution < -0.4 is 4.90 Å². The van der Waals surface area contributed by atoms with Gasteiger partial charge in [0.05, 0.1) is 18.3 Å². The lowest BCUT2D eigenvalue weighted by molar-refractivity contribution is 0.199. The van der Waals surface area contributed by atoms with Crippen molar-refractivity contribution in [2.75, 3.05) is 25.0 Å². The fourth-order valence-electron chi connectivity index (χ4n) is 3.35. The summed E-state index contributed by atoms with van der Waals surface area (Å²) in [6.07, 6.45) is 4.76. The zero-order valence-corrected chi connectivity index (χ0v) is 14.3. The molecular weight excluding hydrogens is 304 g/mol. The fraction of sp³-hybridized carbons (Fsp3) is 0.688. The van der Waals surface area contributed by atoms with Gasteiger partial charge < -0.3 is 4.90 Å². The van der Waals surface area contributed by atoms with E-state index in [9.17, 15) is 0 Å². The lowest BCUT2D eigenvalue weighted by atomic mass is 10.0. The van der Waals surface area contributed by atoms with Crippen molar-refractivity contribution in [2.24, 2.45) is 0 Å². The fourth-order valence-corrected chi connectivity index (χ4v) is 3.35. The maximum atomic E-state index is 4.34. The Bertz CT molecular complexity index is 678. The van der Waals surface area contributed by atoms with Crippen LogP contribution in [-0.2, 0) is 6.54 Å². The van der Waals surface area contributed by atoms with Gasteiger partial charge in [-0.25, -0.2) is 4.68 Å². The van der Waals surface area contributed by atoms with E-state index in [-0.39, 0.29) is 0 Å². The summed E-state index contributed by atoms with van der Waals surface area (Å²) in [6, 6.07) is 5.10. The molecule has 0 spiro atoms. The molecule has 0 bridgehead atoms. The lowest BCUT2D eigenvalue weighted by Gasteiger charge is -2.37. The first-order chi connectivity index (χ1) is 11.7. The SMILES string of the molecule is Cc1ccc(N2CCC[C@@H](N(C)Cc3nnnn3C3CC3)C2)nn1. The van der Waals surface area contributed by atoms with Gasteiger partial charge in [-0.2, -0.15) is 5.10 Å². The summed E-state index contributed by atoms with van der Waals surface area (Å²) in [7, 11) is 2.17. The first kappa shape index (κ1) is 15.4. The van der Waals surface area contributed by atoms with Crippen molar-refractivity contribution in [1.29, 1.82) is 0 Å². The number of hydrogen-bond acceptors (Lipinski definition) is 7. The third kappa shape index (κ3) is 3.24. The molecule has 0 radical (unpaired) electrons. The Labute approximate surface area is 141 Å². The zero-order valence-electron chi connectivity index (χ0n) is 14.3. The number of hydrogen-bond donors (Lipinski definition) is 0. The number of tetrazole rings is 1. The largest absolute Gasteiger partial charge is 0.354 e. The molecule has 8 nitrogen and oxygen atoms in total. The third-order valence-corrected chi connectivity index (χ3v) is 4.97. The molecule has 3 heterocycles. The van der Waals surface area contributed by atoms with Crippen molar-refractivity contribution in [3.8, 4) is 0 Å². The van der Waals surface area contributed by atoms with E-state index in [1.807, 2.05) is 17.7 Å². The van der Waals surface area contributed by atoms with Crippen molar-refractivity contribution in [3.63, 3.8) is 0 Å². The van der Waals surface area contributed by atoms with E-state index in [1.165, 1.54) is 19.3 Å². The first-order valence-electron chi connectivity index (χ1n) is 8.73. The van der Waals surface area contributed by atoms with Gasteiger partial charge in [0, 0.05) is 19.1 Å². The van der Waals surface area contributed by atoms with Crippen LogP contribution in [0.5, 0.6) is 0 Å². The molecule has 8 heteroatoms. The summed E-state index contributed by atoms with van der Waals surface area (Å²) in [5.41, 5.74) is 0.955. The first-order valence-corrected chi connectivity index (χ1v) is 8.73. The van der Waals surface area contributed by atoms with Gasteiger partial charge in [0.25, 0.3) is 0 Å². The summed E-state index contributed by atoms with van der Waals surface area (Å²) in [4.78, 5) is 4.71. The average molecular weight is 328 g/mol. The number of likely N-dealkylation sites (N-methyl/N-ethyl adjacent to an activating group) is 1. The number of aromatic nitrogens is 6. The second kappa shape index (κ2) is 6.43. The summed E-state index contributed by atoms with van der Waals surface area (Å²) >= 11 is 0. The lowest BCUT2D eigenvalue weighted by Crippen LogP contribution is -2.46. The normalized spacial score (nSPS) is 21.5. The van der Waals surface area contributed by atoms with E-state index >= 15 is 0 Å². The van der Waals surface area contributed by atoms with Gasteiger partial charge in [-0.05, 0) is 62.2 Å². The van der Waals surface area contributed by atoms with Crippen molar-refractivity contribution < 1.29 is 0 Å². The molecule has 128 valence electrons. The molecule has 0 amide bonds. The Hall–Kier alpha value is -2.09. The van der Waals surface area contributed by atoms with Crippen molar-refractivity contribution in [1.82, 2.24) is 35.3 Å². The second-order valence-electron chi connectivity index (χ2n) is 6.96. The molecule has 1 aliphatic carbocycles. The van der Waals surface area contributed by atoms with Crippen LogP contribution in [0.3, 0.4) is 0 Å². The Balaban J connectivity index is 1.41. The van der Waals surface area contributed by atoms with Crippen LogP contribution in [0.25, 0.3) is 0 Å². The molecule has 24 heavy (non-hydrogen) atoms. The molecule has 2 aliphatic rings. The van der Waals surface area contributed by atoms with E-state index < -0.39 is 0 Å². The Morgan fingerprint density at radius 3 is 2.79 bits per heavy atom. The Morgan fingerprint density at radius 2 is 2.04 bits per heavy atom. The zero-order chi connectivity index (χ0) is 16.5. The topological polar surface area (TPSA) is 75.9 Å². The molecule has 0 aromatic carbocycles. The summed E-state index contributed by atoms with van der Waals surface area (Å²) in [5, 5.41) is 20.8. The highest BCUT2D eigenvalue weighted by Gasteiger charge is 2.30. The molecular formula is C16H24N8. The van der Waals surface area contributed by atoms with E-state index in [4.69, 9.17) is 0 Å². The van der Waals surface area contributed by atoms with Crippen LogP contribution in [0.4, 0.5) is 5.82 Å². The molecule has 4 rings (SSSR count). The minimum Gasteiger partial charge on any atom is -0.354 e. The number of rotatable bonds is 5. The maximum absolute atomic E-state index is 4.34. The molecule has 1 atom stereocenters. The molecule has 0 unspecified atom stereocenters. The third-order valence-electron chi connectivity index (χ3n) is 4.97. The quantitative estimate of drug-likeness (QED) is 0.816. The van der Waals surface area contributed by atoms with Gasteiger partial charge in [-0.1, -0.05) is 0 Å². The van der Waals surface area contributed by atoms with Crippen LogP contribution in [0.2, 0.25) is 0 Å². The monoisotopic (exact) mass is 328 g/mol. The standard InChI is InChI=1S/C16H24N8/c1-12-5-8-15(18-17-12)23-9-3-4-14(10-23)22(2)11-16-19-20-21-24(16)13-6-7-13/h5,8,13-14H,3-4,6-7,9-11H2,1-2H3/t14-/m1/s1. The molecule has 1 saturated heterocycles. The van der Waals surface area contributed by atoms with Crippen LogP contribution in [0.15, 0.2) is 12.1 Å². The van der Waals surface area contributed by atoms with Crippen molar-refractivity contribution >= 4 is 5.82 Å². The predicted molar refractivity (Wildman–Crippen MR) is 89.6 cm³/mol. The van der Waals surface area contributed by atoms with E-state index in [1.54, 1.807) is 0 Å². The number of aryl methyl sites for hydroxylation is 1. The molecule has 2 aromatic rings. The van der Waals surface area contributed by atoms with Crippen molar-refractivity contribution in [2.45, 2.75) is 51.2 Å². The van der Waals surface area contributed by atoms with Gasteiger partial charge in [0.15, 0.2) is 11.6 Å². The summed E-state index contributed by atoms with van der Waals surface area (Å²) in [5.74, 6) is 1.95. The van der Waals surface area contributed by atoms with E-state index in [0.29, 0.717) is 12.1 Å². The van der Waals surface area contributed by atoms with Gasteiger partial charge in [-0.15, -0.1) is 10.2 Å². The smallest absolute Gasteiger partial charge is 0.165 e. The molecule has 2 fully saturated rings. The molecule has 1 aliphatic heterocycles. The van der Waals surface area contributed by atoms with Gasteiger partial charge >= 0.3 is 0 Å². The number of nitrogens with zero attached hydrogens (tertiary/aromatic N) is 8. The highest BCUT2D eigenvalue weighted by atomic mass is 15.6. The Morgan fingerprint density at radius 1 is 1.17 bits per heavy atom. The average Bonchev–Trinajstić information content (AvgIpc) is 3.35. The minimum atomic E-state index is 0.478. The Kier molecular flexibility index (Phi) is 4.13. The van der Waals surface area contributed by atoms with Crippen LogP contribution >= 0.6 is 0 Å². The van der Waals surface area contributed by atoms with Gasteiger partial charge in [0.1, 0.15) is 0 Å². The molecule has 1 saturated carbocycles. The molecule has 0 N–H and O–H groups in total. The van der Waals surface area contributed by atoms with Crippen LogP contribution in [-0.4, -0.2) is 61.5 Å². The maximum Gasteiger partial charge on any atom is 0.165 e. The molecule has 2 aromatic heterocycles.